The smallest absolute Gasteiger partial charge is 0.306 e. The quantitative estimate of drug-likeness (QED) is 0.441. The Morgan fingerprint density at radius 2 is 1.89 bits per heavy atom. The minimum Gasteiger partial charge on any atom is -0.481 e. The lowest BCUT2D eigenvalue weighted by molar-refractivity contribution is -0.143. The molecular weight excluding hydrogens is 234 g/mol. The summed E-state index contributed by atoms with van der Waals surface area (Å²) < 4.78 is 4.82. The predicted molar refractivity (Wildman–Crippen MR) is 64.2 cm³/mol. The van der Waals surface area contributed by atoms with Gasteiger partial charge in [-0.3, -0.25) is 9.59 Å². The Balaban J connectivity index is 3.73. The minimum absolute atomic E-state index is 0.0388. The summed E-state index contributed by atoms with van der Waals surface area (Å²) in [6, 6.07) is 2.01. The van der Waals surface area contributed by atoms with Crippen LogP contribution >= 0.6 is 0 Å². The molecule has 18 heavy (non-hydrogen) atoms. The molecule has 0 rings (SSSR count). The van der Waals surface area contributed by atoms with Crippen molar-refractivity contribution in [3.05, 3.63) is 0 Å². The number of carbonyl (C=O) groups is 2. The van der Waals surface area contributed by atoms with E-state index < -0.39 is 17.4 Å². The fourth-order valence-corrected chi connectivity index (χ4v) is 1.02. The first-order chi connectivity index (χ1) is 8.37. The summed E-state index contributed by atoms with van der Waals surface area (Å²) >= 11 is 0. The molecule has 0 atom stereocenters. The van der Waals surface area contributed by atoms with Crippen molar-refractivity contribution in [1.82, 2.24) is 0 Å². The Hall–Kier alpha value is -2.01. The SMILES string of the molecule is CC(C)(C#N)C#CCOC(=O)CCCCC(=O)O. The molecule has 0 unspecified atom stereocenters. The maximum Gasteiger partial charge on any atom is 0.306 e. The molecule has 0 saturated heterocycles. The Labute approximate surface area is 107 Å². The third kappa shape index (κ3) is 9.23. The average molecular weight is 251 g/mol. The average Bonchev–Trinajstić information content (AvgIpc) is 2.30. The van der Waals surface area contributed by atoms with Gasteiger partial charge in [0.2, 0.25) is 0 Å². The lowest BCUT2D eigenvalue weighted by Gasteiger charge is -2.03. The van der Waals surface area contributed by atoms with Gasteiger partial charge in [0.15, 0.2) is 6.61 Å². The predicted octanol–water partition coefficient (Wildman–Crippen LogP) is 1.73. The van der Waals surface area contributed by atoms with E-state index in [2.05, 4.69) is 11.8 Å². The first-order valence-corrected chi connectivity index (χ1v) is 5.66. The van der Waals surface area contributed by atoms with E-state index in [0.717, 1.165) is 0 Å². The standard InChI is InChI=1S/C13H17NO4/c1-13(2,10-14)8-5-9-18-12(17)7-4-3-6-11(15)16/h3-4,6-7,9H2,1-2H3,(H,15,16). The van der Waals surface area contributed by atoms with Crippen molar-refractivity contribution in [2.75, 3.05) is 6.61 Å². The first-order valence-electron chi connectivity index (χ1n) is 5.66. The number of hydrogen-bond acceptors (Lipinski definition) is 4. The lowest BCUT2D eigenvalue weighted by Crippen LogP contribution is -2.07. The van der Waals surface area contributed by atoms with Crippen LogP contribution < -0.4 is 0 Å². The van der Waals surface area contributed by atoms with Crippen molar-refractivity contribution in [2.24, 2.45) is 5.41 Å². The summed E-state index contributed by atoms with van der Waals surface area (Å²) in [5.74, 6) is 4.02. The van der Waals surface area contributed by atoms with Gasteiger partial charge in [-0.1, -0.05) is 11.8 Å². The third-order valence-corrected chi connectivity index (χ3v) is 2.01. The second kappa shape index (κ2) is 8.14. The van der Waals surface area contributed by atoms with Crippen LogP contribution in [0.2, 0.25) is 0 Å². The van der Waals surface area contributed by atoms with Crippen LogP contribution in [0, 0.1) is 28.6 Å². The molecule has 0 spiro atoms. The van der Waals surface area contributed by atoms with Gasteiger partial charge in [-0.15, -0.1) is 0 Å². The molecule has 0 bridgehead atoms. The Morgan fingerprint density at radius 3 is 2.44 bits per heavy atom. The maximum absolute atomic E-state index is 11.2. The molecule has 1 N–H and O–H groups in total. The number of nitrogens with zero attached hydrogens (tertiary/aromatic N) is 1. The zero-order valence-electron chi connectivity index (χ0n) is 10.7. The zero-order chi connectivity index (χ0) is 14.0. The van der Waals surface area contributed by atoms with E-state index in [1.54, 1.807) is 13.8 Å². The van der Waals surface area contributed by atoms with E-state index in [1.807, 2.05) is 6.07 Å². The van der Waals surface area contributed by atoms with Gasteiger partial charge in [-0.05, 0) is 26.7 Å². The Kier molecular flexibility index (Phi) is 7.23. The number of aliphatic carboxylic acids is 1. The van der Waals surface area contributed by atoms with E-state index in [9.17, 15) is 9.59 Å². The summed E-state index contributed by atoms with van der Waals surface area (Å²) in [6.45, 7) is 3.31. The molecule has 0 aromatic carbocycles. The van der Waals surface area contributed by atoms with Gasteiger partial charge < -0.3 is 9.84 Å². The van der Waals surface area contributed by atoms with E-state index >= 15 is 0 Å². The molecule has 0 saturated carbocycles. The monoisotopic (exact) mass is 251 g/mol. The minimum atomic E-state index is -0.868. The van der Waals surface area contributed by atoms with Crippen molar-refractivity contribution < 1.29 is 19.4 Å². The van der Waals surface area contributed by atoms with Gasteiger partial charge in [0.25, 0.3) is 0 Å². The molecular formula is C13H17NO4. The molecule has 0 aromatic heterocycles. The summed E-state index contributed by atoms with van der Waals surface area (Å²) in [6.07, 6.45) is 1.19. The highest BCUT2D eigenvalue weighted by Gasteiger charge is 2.11. The lowest BCUT2D eigenvalue weighted by atomic mass is 9.97. The molecule has 0 aliphatic rings. The number of rotatable bonds is 6. The van der Waals surface area contributed by atoms with E-state index in [4.69, 9.17) is 15.1 Å². The highest BCUT2D eigenvalue weighted by Crippen LogP contribution is 2.09. The van der Waals surface area contributed by atoms with Crippen LogP contribution in [-0.4, -0.2) is 23.7 Å². The molecule has 5 nitrogen and oxygen atoms in total. The van der Waals surface area contributed by atoms with Crippen molar-refractivity contribution >= 4 is 11.9 Å². The van der Waals surface area contributed by atoms with Crippen molar-refractivity contribution in [3.8, 4) is 17.9 Å². The number of hydrogen-bond donors (Lipinski definition) is 1. The summed E-state index contributed by atoms with van der Waals surface area (Å²) in [5, 5.41) is 17.1. The Bertz CT molecular complexity index is 395. The van der Waals surface area contributed by atoms with Gasteiger partial charge in [-0.2, -0.15) is 5.26 Å². The number of carbonyl (C=O) groups excluding carboxylic acids is 1. The van der Waals surface area contributed by atoms with Gasteiger partial charge in [0.05, 0.1) is 6.07 Å². The normalized spacial score (nSPS) is 9.83. The highest BCUT2D eigenvalue weighted by atomic mass is 16.5. The van der Waals surface area contributed by atoms with Gasteiger partial charge >= 0.3 is 11.9 Å². The Morgan fingerprint density at radius 1 is 1.28 bits per heavy atom. The van der Waals surface area contributed by atoms with Gasteiger partial charge in [-0.25, -0.2) is 0 Å². The fourth-order valence-electron chi connectivity index (χ4n) is 1.02. The second-order valence-corrected chi connectivity index (χ2v) is 4.30. The van der Waals surface area contributed by atoms with Gasteiger partial charge in [0.1, 0.15) is 5.41 Å². The van der Waals surface area contributed by atoms with E-state index in [1.165, 1.54) is 0 Å². The molecule has 0 aliphatic carbocycles. The van der Waals surface area contributed by atoms with Crippen LogP contribution in [0.25, 0.3) is 0 Å². The van der Waals surface area contributed by atoms with Crippen molar-refractivity contribution in [2.45, 2.75) is 39.5 Å². The van der Waals surface area contributed by atoms with Crippen molar-refractivity contribution in [1.29, 1.82) is 5.26 Å². The van der Waals surface area contributed by atoms with Crippen LogP contribution in [0.1, 0.15) is 39.5 Å². The molecule has 98 valence electrons. The van der Waals surface area contributed by atoms with Crippen LogP contribution in [0.4, 0.5) is 0 Å². The molecule has 0 fully saturated rings. The molecule has 0 aromatic rings. The fraction of sp³-hybridized carbons (Fsp3) is 0.615. The molecule has 0 amide bonds. The van der Waals surface area contributed by atoms with E-state index in [0.29, 0.717) is 12.8 Å². The topological polar surface area (TPSA) is 87.4 Å². The number of carboxylic acid groups (broad SMARTS) is 1. The maximum atomic E-state index is 11.2. The number of esters is 1. The second-order valence-electron chi connectivity index (χ2n) is 4.30. The van der Waals surface area contributed by atoms with Crippen LogP contribution in [0.5, 0.6) is 0 Å². The van der Waals surface area contributed by atoms with Crippen LogP contribution in [0.15, 0.2) is 0 Å². The summed E-state index contributed by atoms with van der Waals surface area (Å²) in [5.41, 5.74) is -0.742. The molecule has 0 aliphatic heterocycles. The molecule has 0 radical (unpaired) electrons. The summed E-state index contributed by atoms with van der Waals surface area (Å²) in [4.78, 5) is 21.4. The highest BCUT2D eigenvalue weighted by molar-refractivity contribution is 5.70. The van der Waals surface area contributed by atoms with Crippen molar-refractivity contribution in [3.63, 3.8) is 0 Å². The van der Waals surface area contributed by atoms with Gasteiger partial charge in [0, 0.05) is 12.8 Å². The number of carboxylic acids is 1. The number of ether oxygens (including phenoxy) is 1. The van der Waals surface area contributed by atoms with E-state index in [-0.39, 0.29) is 19.4 Å². The summed E-state index contributed by atoms with van der Waals surface area (Å²) in [7, 11) is 0. The first kappa shape index (κ1) is 16.0. The largest absolute Gasteiger partial charge is 0.481 e. The molecule has 0 heterocycles. The zero-order valence-corrected chi connectivity index (χ0v) is 10.7. The molecule has 5 heteroatoms. The number of nitriles is 1. The van der Waals surface area contributed by atoms with Crippen LogP contribution in [0.3, 0.4) is 0 Å². The third-order valence-electron chi connectivity index (χ3n) is 2.01. The number of unbranched alkanes of at least 4 members (excludes halogenated alkanes) is 1. The van der Waals surface area contributed by atoms with Crippen LogP contribution in [-0.2, 0) is 14.3 Å².